The molecule has 0 bridgehead atoms. The van der Waals surface area contributed by atoms with Gasteiger partial charge in [0, 0.05) is 25.8 Å². The van der Waals surface area contributed by atoms with Crippen LogP contribution < -0.4 is 0 Å². The third kappa shape index (κ3) is 7.59. The maximum atomic E-state index is 12.3. The van der Waals surface area contributed by atoms with E-state index in [0.717, 1.165) is 43.4 Å². The SMILES string of the molecule is Cc1coc(CC(O)C=C[C@H]2CCCC(=O)N2CCCCCCC(=O)O)c1. The van der Waals surface area contributed by atoms with E-state index in [1.807, 2.05) is 24.0 Å². The van der Waals surface area contributed by atoms with Gasteiger partial charge in [-0.3, -0.25) is 9.59 Å². The van der Waals surface area contributed by atoms with Gasteiger partial charge < -0.3 is 19.5 Å². The van der Waals surface area contributed by atoms with Gasteiger partial charge >= 0.3 is 5.97 Å². The number of furan rings is 1. The fraction of sp³-hybridized carbons (Fsp3) is 0.619. The summed E-state index contributed by atoms with van der Waals surface area (Å²) in [6.07, 6.45) is 11.1. The fourth-order valence-corrected chi connectivity index (χ4v) is 3.48. The van der Waals surface area contributed by atoms with Crippen molar-refractivity contribution in [1.29, 1.82) is 0 Å². The van der Waals surface area contributed by atoms with E-state index in [4.69, 9.17) is 9.52 Å². The van der Waals surface area contributed by atoms with Gasteiger partial charge in [0.25, 0.3) is 0 Å². The van der Waals surface area contributed by atoms with Crippen LogP contribution >= 0.6 is 0 Å². The van der Waals surface area contributed by atoms with Crippen molar-refractivity contribution >= 4 is 11.9 Å². The lowest BCUT2D eigenvalue weighted by Crippen LogP contribution is -2.43. The van der Waals surface area contributed by atoms with E-state index in [9.17, 15) is 14.7 Å². The number of carbonyl (C=O) groups is 2. The van der Waals surface area contributed by atoms with Crippen molar-refractivity contribution in [2.75, 3.05) is 6.54 Å². The molecule has 0 saturated carbocycles. The van der Waals surface area contributed by atoms with Gasteiger partial charge in [0.2, 0.25) is 5.91 Å². The van der Waals surface area contributed by atoms with Crippen molar-refractivity contribution in [3.63, 3.8) is 0 Å². The third-order valence-electron chi connectivity index (χ3n) is 4.90. The number of aliphatic hydroxyl groups excluding tert-OH is 1. The van der Waals surface area contributed by atoms with Gasteiger partial charge in [0.15, 0.2) is 0 Å². The second kappa shape index (κ2) is 10.9. The molecule has 6 nitrogen and oxygen atoms in total. The minimum atomic E-state index is -0.755. The Hall–Kier alpha value is -2.08. The molecule has 1 aliphatic rings. The van der Waals surface area contributed by atoms with E-state index < -0.39 is 12.1 Å². The largest absolute Gasteiger partial charge is 0.481 e. The molecule has 1 unspecified atom stereocenters. The molecule has 2 N–H and O–H groups in total. The summed E-state index contributed by atoms with van der Waals surface area (Å²) in [6.45, 7) is 2.64. The summed E-state index contributed by atoms with van der Waals surface area (Å²) in [5.41, 5.74) is 1.04. The van der Waals surface area contributed by atoms with E-state index in [2.05, 4.69) is 0 Å². The average Bonchev–Trinajstić information content (AvgIpc) is 3.02. The number of hydrogen-bond acceptors (Lipinski definition) is 4. The maximum Gasteiger partial charge on any atom is 0.303 e. The Morgan fingerprint density at radius 1 is 1.37 bits per heavy atom. The number of rotatable bonds is 11. The molecule has 1 aromatic heterocycles. The summed E-state index contributed by atoms with van der Waals surface area (Å²) in [7, 11) is 0. The standard InChI is InChI=1S/C21H31NO5/c1-16-13-19(27-15-16)14-18(23)11-10-17-7-6-8-20(24)22(17)12-5-3-2-4-9-21(25)26/h10-11,13,15,17-18,23H,2-9,12,14H2,1H3,(H,25,26)/t17-,18?/m1/s1. The fourth-order valence-electron chi connectivity index (χ4n) is 3.48. The van der Waals surface area contributed by atoms with E-state index in [1.165, 1.54) is 0 Å². The van der Waals surface area contributed by atoms with E-state index in [1.54, 1.807) is 12.3 Å². The van der Waals surface area contributed by atoms with Crippen LogP contribution in [0, 0.1) is 6.92 Å². The summed E-state index contributed by atoms with van der Waals surface area (Å²) < 4.78 is 5.37. The summed E-state index contributed by atoms with van der Waals surface area (Å²) >= 11 is 0. The van der Waals surface area contributed by atoms with Crippen LogP contribution in [0.4, 0.5) is 0 Å². The number of aliphatic hydroxyl groups is 1. The number of unbranched alkanes of at least 4 members (excludes halogenated alkanes) is 3. The van der Waals surface area contributed by atoms with Crippen molar-refractivity contribution < 1.29 is 24.2 Å². The maximum absolute atomic E-state index is 12.3. The zero-order valence-electron chi connectivity index (χ0n) is 16.1. The van der Waals surface area contributed by atoms with Crippen LogP contribution in [0.15, 0.2) is 28.9 Å². The minimum Gasteiger partial charge on any atom is -0.481 e. The zero-order chi connectivity index (χ0) is 19.6. The van der Waals surface area contributed by atoms with Crippen LogP contribution in [0.5, 0.6) is 0 Å². The van der Waals surface area contributed by atoms with Gasteiger partial charge in [-0.25, -0.2) is 0 Å². The molecule has 27 heavy (non-hydrogen) atoms. The van der Waals surface area contributed by atoms with Gasteiger partial charge in [-0.05, 0) is 44.2 Å². The number of carboxylic acids is 1. The summed E-state index contributed by atoms with van der Waals surface area (Å²) in [4.78, 5) is 24.7. The highest BCUT2D eigenvalue weighted by Gasteiger charge is 2.25. The highest BCUT2D eigenvalue weighted by molar-refractivity contribution is 5.77. The summed E-state index contributed by atoms with van der Waals surface area (Å²) in [5.74, 6) is 0.162. The highest BCUT2D eigenvalue weighted by Crippen LogP contribution is 2.21. The van der Waals surface area contributed by atoms with Gasteiger partial charge in [-0.15, -0.1) is 0 Å². The van der Waals surface area contributed by atoms with Crippen LogP contribution in [0.1, 0.15) is 62.7 Å². The second-order valence-corrected chi connectivity index (χ2v) is 7.35. The molecular formula is C21H31NO5. The summed E-state index contributed by atoms with van der Waals surface area (Å²) in [5, 5.41) is 18.9. The van der Waals surface area contributed by atoms with E-state index in [0.29, 0.717) is 25.8 Å². The van der Waals surface area contributed by atoms with Crippen LogP contribution in [0.2, 0.25) is 0 Å². The lowest BCUT2D eigenvalue weighted by molar-refractivity contribution is -0.137. The first-order chi connectivity index (χ1) is 13.0. The minimum absolute atomic E-state index is 0.0262. The Morgan fingerprint density at radius 2 is 2.15 bits per heavy atom. The molecule has 1 aliphatic heterocycles. The van der Waals surface area contributed by atoms with Crippen molar-refractivity contribution in [2.45, 2.75) is 76.9 Å². The van der Waals surface area contributed by atoms with Crippen molar-refractivity contribution in [3.8, 4) is 0 Å². The predicted molar refractivity (Wildman–Crippen MR) is 102 cm³/mol. The molecule has 0 aromatic carbocycles. The van der Waals surface area contributed by atoms with Crippen LogP contribution in [0.3, 0.4) is 0 Å². The number of nitrogens with zero attached hydrogens (tertiary/aromatic N) is 1. The second-order valence-electron chi connectivity index (χ2n) is 7.35. The lowest BCUT2D eigenvalue weighted by Gasteiger charge is -2.34. The Labute approximate surface area is 160 Å². The molecule has 2 rings (SSSR count). The Kier molecular flexibility index (Phi) is 8.58. The lowest BCUT2D eigenvalue weighted by atomic mass is 9.99. The normalized spacial score (nSPS) is 19.0. The highest BCUT2D eigenvalue weighted by atomic mass is 16.4. The number of aliphatic carboxylic acids is 1. The van der Waals surface area contributed by atoms with Gasteiger partial charge in [-0.1, -0.05) is 25.0 Å². The number of aryl methyl sites for hydroxylation is 1. The van der Waals surface area contributed by atoms with Crippen LogP contribution in [-0.2, 0) is 16.0 Å². The van der Waals surface area contributed by atoms with Gasteiger partial charge in [0.05, 0.1) is 18.4 Å². The number of piperidine rings is 1. The monoisotopic (exact) mass is 377 g/mol. The molecule has 2 heterocycles. The number of likely N-dealkylation sites (tertiary alicyclic amines) is 1. The third-order valence-corrected chi connectivity index (χ3v) is 4.90. The zero-order valence-corrected chi connectivity index (χ0v) is 16.1. The van der Waals surface area contributed by atoms with Crippen molar-refractivity contribution in [2.24, 2.45) is 0 Å². The Morgan fingerprint density at radius 3 is 2.85 bits per heavy atom. The molecule has 0 spiro atoms. The Bertz CT molecular complexity index is 636. The van der Waals surface area contributed by atoms with E-state index in [-0.39, 0.29) is 18.4 Å². The molecular weight excluding hydrogens is 346 g/mol. The van der Waals surface area contributed by atoms with Crippen molar-refractivity contribution in [3.05, 3.63) is 35.8 Å². The first-order valence-corrected chi connectivity index (χ1v) is 9.87. The first-order valence-electron chi connectivity index (χ1n) is 9.87. The predicted octanol–water partition coefficient (Wildman–Crippen LogP) is 3.46. The topological polar surface area (TPSA) is 91.0 Å². The molecule has 0 aliphatic carbocycles. The molecule has 2 atom stereocenters. The van der Waals surface area contributed by atoms with Crippen LogP contribution in [0.25, 0.3) is 0 Å². The van der Waals surface area contributed by atoms with Gasteiger partial charge in [0.1, 0.15) is 5.76 Å². The van der Waals surface area contributed by atoms with Gasteiger partial charge in [-0.2, -0.15) is 0 Å². The molecule has 1 aromatic rings. The van der Waals surface area contributed by atoms with E-state index >= 15 is 0 Å². The molecule has 150 valence electrons. The van der Waals surface area contributed by atoms with Crippen LogP contribution in [-0.4, -0.2) is 45.7 Å². The number of carbonyl (C=O) groups excluding carboxylic acids is 1. The quantitative estimate of drug-likeness (QED) is 0.455. The number of carboxylic acid groups (broad SMARTS) is 1. The first kappa shape index (κ1) is 21.2. The smallest absolute Gasteiger partial charge is 0.303 e. The number of amides is 1. The molecule has 1 fully saturated rings. The number of hydrogen-bond donors (Lipinski definition) is 2. The molecule has 6 heteroatoms. The summed E-state index contributed by atoms with van der Waals surface area (Å²) in [6, 6.07) is 1.94. The molecule has 1 saturated heterocycles. The average molecular weight is 377 g/mol. The Balaban J connectivity index is 1.79. The molecule has 0 radical (unpaired) electrons. The van der Waals surface area contributed by atoms with Crippen molar-refractivity contribution in [1.82, 2.24) is 4.90 Å². The molecule has 1 amide bonds.